The van der Waals surface area contributed by atoms with E-state index in [4.69, 9.17) is 0 Å². The summed E-state index contributed by atoms with van der Waals surface area (Å²) in [5.41, 5.74) is 1.23. The molecule has 1 N–H and O–H groups in total. The van der Waals surface area contributed by atoms with Crippen LogP contribution in [0.2, 0.25) is 0 Å². The lowest BCUT2D eigenvalue weighted by Gasteiger charge is -2.34. The van der Waals surface area contributed by atoms with Gasteiger partial charge in [0.25, 0.3) is 5.91 Å². The van der Waals surface area contributed by atoms with Gasteiger partial charge in [-0.1, -0.05) is 0 Å². The molecular weight excluding hydrogens is 311 g/mol. The molecule has 1 aliphatic heterocycles. The van der Waals surface area contributed by atoms with E-state index in [1.54, 1.807) is 11.6 Å². The van der Waals surface area contributed by atoms with Crippen LogP contribution in [0.4, 0.5) is 13.2 Å². The van der Waals surface area contributed by atoms with Crippen LogP contribution in [0.25, 0.3) is 0 Å². The molecule has 1 amide bonds. The first-order valence-corrected chi connectivity index (χ1v) is 7.71. The average molecular weight is 333 g/mol. The first-order chi connectivity index (χ1) is 10.6. The van der Waals surface area contributed by atoms with Crippen molar-refractivity contribution in [1.82, 2.24) is 14.7 Å². The van der Waals surface area contributed by atoms with Crippen LogP contribution in [-0.2, 0) is 0 Å². The minimum absolute atomic E-state index is 0.129. The lowest BCUT2D eigenvalue weighted by Crippen LogP contribution is -2.45. The second-order valence-electron chi connectivity index (χ2n) is 6.30. The van der Waals surface area contributed by atoms with E-state index in [1.165, 1.54) is 11.1 Å². The molecule has 1 fully saturated rings. The molecule has 130 valence electrons. The van der Waals surface area contributed by atoms with Crippen molar-refractivity contribution in [1.29, 1.82) is 0 Å². The van der Waals surface area contributed by atoms with Crippen LogP contribution in [0, 0.1) is 12.8 Å². The highest BCUT2D eigenvalue weighted by atomic mass is 19.4. The summed E-state index contributed by atoms with van der Waals surface area (Å²) >= 11 is 0. The van der Waals surface area contributed by atoms with Gasteiger partial charge in [-0.15, -0.1) is 0 Å². The zero-order valence-corrected chi connectivity index (χ0v) is 13.5. The number of halogens is 3. The maximum atomic E-state index is 12.5. The summed E-state index contributed by atoms with van der Waals surface area (Å²) in [5, 5.41) is 13.5. The van der Waals surface area contributed by atoms with Gasteiger partial charge in [-0.25, -0.2) is 0 Å². The Bertz CT molecular complexity index is 561. The highest BCUT2D eigenvalue weighted by Crippen LogP contribution is 2.32. The molecule has 8 heteroatoms. The van der Waals surface area contributed by atoms with E-state index < -0.39 is 18.2 Å². The average Bonchev–Trinajstić information content (AvgIpc) is 2.87. The highest BCUT2D eigenvalue weighted by molar-refractivity contribution is 5.95. The Morgan fingerprint density at radius 2 is 1.91 bits per heavy atom. The van der Waals surface area contributed by atoms with Crippen LogP contribution in [-0.4, -0.2) is 51.1 Å². The molecule has 0 aromatic carbocycles. The van der Waals surface area contributed by atoms with Crippen molar-refractivity contribution in [2.24, 2.45) is 5.92 Å². The Balaban J connectivity index is 2.02. The van der Waals surface area contributed by atoms with Crippen LogP contribution in [0.3, 0.4) is 0 Å². The smallest absolute Gasteiger partial charge is 0.383 e. The van der Waals surface area contributed by atoms with Gasteiger partial charge in [0.05, 0.1) is 11.8 Å². The predicted molar refractivity (Wildman–Crippen MR) is 78.0 cm³/mol. The minimum atomic E-state index is -4.61. The number of rotatable bonds is 3. The zero-order valence-electron chi connectivity index (χ0n) is 13.5. The van der Waals surface area contributed by atoms with Crippen LogP contribution in [0.15, 0.2) is 6.20 Å². The highest BCUT2D eigenvalue weighted by Gasteiger charge is 2.44. The van der Waals surface area contributed by atoms with Gasteiger partial charge in [0.2, 0.25) is 0 Å². The van der Waals surface area contributed by atoms with Crippen LogP contribution >= 0.6 is 0 Å². The fourth-order valence-electron chi connectivity index (χ4n) is 3.01. The Hall–Kier alpha value is -1.57. The predicted octanol–water partition coefficient (Wildman–Crippen LogP) is 2.55. The van der Waals surface area contributed by atoms with Gasteiger partial charge in [-0.05, 0) is 39.5 Å². The summed E-state index contributed by atoms with van der Waals surface area (Å²) in [7, 11) is 0. The number of piperidine rings is 1. The molecule has 1 aliphatic rings. The van der Waals surface area contributed by atoms with Crippen molar-refractivity contribution in [2.75, 3.05) is 13.1 Å². The number of aliphatic hydroxyl groups is 1. The standard InChI is InChI=1S/C15H22F3N3O2/c1-9(2)21-10(3)12(8-19-21)14(23)20-6-4-11(5-7-20)13(22)15(16,17)18/h8-9,11,13,22H,4-7H2,1-3H3. The zero-order chi connectivity index (χ0) is 17.4. The molecule has 0 bridgehead atoms. The molecule has 5 nitrogen and oxygen atoms in total. The second-order valence-corrected chi connectivity index (χ2v) is 6.30. The first-order valence-electron chi connectivity index (χ1n) is 7.71. The molecule has 0 spiro atoms. The molecular formula is C15H22F3N3O2. The third-order valence-corrected chi connectivity index (χ3v) is 4.37. The van der Waals surface area contributed by atoms with E-state index in [9.17, 15) is 23.1 Å². The number of hydrogen-bond donors (Lipinski definition) is 1. The van der Waals surface area contributed by atoms with E-state index in [2.05, 4.69) is 5.10 Å². The second kappa shape index (κ2) is 6.51. The van der Waals surface area contributed by atoms with E-state index >= 15 is 0 Å². The van der Waals surface area contributed by atoms with E-state index in [0.717, 1.165) is 5.69 Å². The Morgan fingerprint density at radius 3 is 2.35 bits per heavy atom. The fraction of sp³-hybridized carbons (Fsp3) is 0.733. The van der Waals surface area contributed by atoms with Crippen molar-refractivity contribution in [3.8, 4) is 0 Å². The summed E-state index contributed by atoms with van der Waals surface area (Å²) in [6.45, 7) is 6.14. The molecule has 2 rings (SSSR count). The number of hydrogen-bond acceptors (Lipinski definition) is 3. The summed E-state index contributed by atoms with van der Waals surface area (Å²) in [6.07, 6.45) is -5.13. The van der Waals surface area contributed by atoms with E-state index in [1.807, 2.05) is 13.8 Å². The van der Waals surface area contributed by atoms with Crippen molar-refractivity contribution >= 4 is 5.91 Å². The number of carbonyl (C=O) groups excluding carboxylic acids is 1. The first kappa shape index (κ1) is 17.8. The molecule has 1 unspecified atom stereocenters. The lowest BCUT2D eigenvalue weighted by atomic mass is 9.90. The number of aromatic nitrogens is 2. The Labute approximate surface area is 133 Å². The van der Waals surface area contributed by atoms with Gasteiger partial charge in [-0.2, -0.15) is 18.3 Å². The van der Waals surface area contributed by atoms with Crippen LogP contribution in [0.5, 0.6) is 0 Å². The van der Waals surface area contributed by atoms with Crippen molar-refractivity contribution < 1.29 is 23.1 Å². The van der Waals surface area contributed by atoms with Gasteiger partial charge in [0.15, 0.2) is 6.10 Å². The molecule has 0 aliphatic carbocycles. The quantitative estimate of drug-likeness (QED) is 0.925. The van der Waals surface area contributed by atoms with Gasteiger partial charge < -0.3 is 10.0 Å². The largest absolute Gasteiger partial charge is 0.414 e. The summed E-state index contributed by atoms with van der Waals surface area (Å²) in [5.74, 6) is -1.06. The SMILES string of the molecule is Cc1c(C(=O)N2CCC(C(O)C(F)(F)F)CC2)cnn1C(C)C. The fourth-order valence-corrected chi connectivity index (χ4v) is 3.01. The molecule has 0 saturated carbocycles. The number of alkyl halides is 3. The summed E-state index contributed by atoms with van der Waals surface area (Å²) in [4.78, 5) is 14.1. The van der Waals surface area contributed by atoms with Crippen LogP contribution < -0.4 is 0 Å². The third-order valence-electron chi connectivity index (χ3n) is 4.37. The van der Waals surface area contributed by atoms with E-state index in [0.29, 0.717) is 5.56 Å². The van der Waals surface area contributed by atoms with Gasteiger partial charge in [0.1, 0.15) is 0 Å². The Morgan fingerprint density at radius 1 is 1.35 bits per heavy atom. The van der Waals surface area contributed by atoms with Gasteiger partial charge >= 0.3 is 6.18 Å². The number of aliphatic hydroxyl groups excluding tert-OH is 1. The van der Waals surface area contributed by atoms with Crippen LogP contribution in [0.1, 0.15) is 48.8 Å². The molecule has 1 aromatic heterocycles. The topological polar surface area (TPSA) is 58.4 Å². The number of likely N-dealkylation sites (tertiary alicyclic amines) is 1. The van der Waals surface area contributed by atoms with Crippen molar-refractivity contribution in [3.63, 3.8) is 0 Å². The van der Waals surface area contributed by atoms with Crippen molar-refractivity contribution in [3.05, 3.63) is 17.5 Å². The molecule has 1 atom stereocenters. The van der Waals surface area contributed by atoms with E-state index in [-0.39, 0.29) is 37.9 Å². The number of amides is 1. The van der Waals surface area contributed by atoms with Crippen molar-refractivity contribution in [2.45, 2.75) is 51.9 Å². The lowest BCUT2D eigenvalue weighted by molar-refractivity contribution is -0.222. The minimum Gasteiger partial charge on any atom is -0.383 e. The number of nitrogens with zero attached hydrogens (tertiary/aromatic N) is 3. The normalized spacial score (nSPS) is 18.5. The summed E-state index contributed by atoms with van der Waals surface area (Å²) in [6, 6.07) is 0.129. The monoisotopic (exact) mass is 333 g/mol. The maximum Gasteiger partial charge on any atom is 0.414 e. The molecule has 1 saturated heterocycles. The number of carbonyl (C=O) groups is 1. The summed E-state index contributed by atoms with van der Waals surface area (Å²) < 4.78 is 39.4. The molecule has 23 heavy (non-hydrogen) atoms. The molecule has 2 heterocycles. The van der Waals surface area contributed by atoms with Gasteiger partial charge in [0, 0.05) is 24.8 Å². The maximum absolute atomic E-state index is 12.5. The van der Waals surface area contributed by atoms with Gasteiger partial charge in [-0.3, -0.25) is 9.48 Å². The molecule has 1 aromatic rings. The third kappa shape index (κ3) is 3.68. The molecule has 0 radical (unpaired) electrons. The Kier molecular flexibility index (Phi) is 5.03.